The minimum atomic E-state index is -0.494. The van der Waals surface area contributed by atoms with Gasteiger partial charge in [-0.1, -0.05) is 11.6 Å². The highest BCUT2D eigenvalue weighted by Crippen LogP contribution is 2.30. The molecule has 2 aromatic carbocycles. The third kappa shape index (κ3) is 7.39. The van der Waals surface area contributed by atoms with E-state index >= 15 is 0 Å². The van der Waals surface area contributed by atoms with E-state index in [1.807, 2.05) is 45.0 Å². The summed E-state index contributed by atoms with van der Waals surface area (Å²) in [5.74, 6) is 0.296. The van der Waals surface area contributed by atoms with Crippen LogP contribution in [0.2, 0.25) is 5.02 Å². The number of piperazine rings is 1. The van der Waals surface area contributed by atoms with E-state index in [1.54, 1.807) is 23.4 Å². The molecule has 5 rings (SSSR count). The van der Waals surface area contributed by atoms with Crippen LogP contribution in [0.4, 0.5) is 20.6 Å². The standard InChI is InChI=1S/C30H32ClFN6O3/c1-30(2,3)41-29(39)38-12-10-37(11-13-38)14-15-40-22-5-6-23-26(8-9-33-27(23)18-22)35-21-17-28(36-34-19-21)24-16-20(31)4-7-25(24)32/h4-9,16-19H,10-15H2,1-3H3,(H,33,35,36). The second-order valence-corrected chi connectivity index (χ2v) is 11.2. The maximum atomic E-state index is 14.4. The Hall–Kier alpha value is -4.02. The maximum Gasteiger partial charge on any atom is 0.410 e. The highest BCUT2D eigenvalue weighted by atomic mass is 35.5. The van der Waals surface area contributed by atoms with E-state index in [4.69, 9.17) is 21.1 Å². The van der Waals surface area contributed by atoms with Crippen LogP contribution >= 0.6 is 11.6 Å². The van der Waals surface area contributed by atoms with Gasteiger partial charge in [0.2, 0.25) is 0 Å². The largest absolute Gasteiger partial charge is 0.492 e. The summed E-state index contributed by atoms with van der Waals surface area (Å²) in [6, 6.07) is 13.7. The number of rotatable bonds is 7. The van der Waals surface area contributed by atoms with Crippen LogP contribution in [0.15, 0.2) is 60.9 Å². The second kappa shape index (κ2) is 12.2. The van der Waals surface area contributed by atoms with Crippen LogP contribution in [0, 0.1) is 5.82 Å². The highest BCUT2D eigenvalue weighted by molar-refractivity contribution is 6.30. The third-order valence-electron chi connectivity index (χ3n) is 6.55. The van der Waals surface area contributed by atoms with Gasteiger partial charge in [-0.15, -0.1) is 0 Å². The first-order chi connectivity index (χ1) is 19.6. The molecule has 0 saturated carbocycles. The molecule has 0 bridgehead atoms. The predicted molar refractivity (Wildman–Crippen MR) is 157 cm³/mol. The smallest absolute Gasteiger partial charge is 0.410 e. The summed E-state index contributed by atoms with van der Waals surface area (Å²) in [5, 5.41) is 12.8. The van der Waals surface area contributed by atoms with Crippen molar-refractivity contribution in [1.29, 1.82) is 0 Å². The Bertz CT molecular complexity index is 1540. The van der Waals surface area contributed by atoms with Gasteiger partial charge in [0.15, 0.2) is 0 Å². The molecule has 9 nitrogen and oxygen atoms in total. The van der Waals surface area contributed by atoms with Crippen molar-refractivity contribution >= 4 is 40.0 Å². The Kier molecular flexibility index (Phi) is 8.51. The van der Waals surface area contributed by atoms with Crippen LogP contribution in [0.1, 0.15) is 20.8 Å². The fourth-order valence-electron chi connectivity index (χ4n) is 4.52. The zero-order valence-corrected chi connectivity index (χ0v) is 24.0. The number of anilines is 2. The lowest BCUT2D eigenvalue weighted by Gasteiger charge is -2.35. The van der Waals surface area contributed by atoms with Gasteiger partial charge in [0.1, 0.15) is 23.8 Å². The van der Waals surface area contributed by atoms with E-state index < -0.39 is 11.4 Å². The number of benzene rings is 2. The van der Waals surface area contributed by atoms with Gasteiger partial charge in [-0.3, -0.25) is 9.88 Å². The van der Waals surface area contributed by atoms with Crippen LogP contribution in [-0.4, -0.2) is 76.0 Å². The van der Waals surface area contributed by atoms with E-state index in [-0.39, 0.29) is 11.7 Å². The SMILES string of the molecule is CC(C)(C)OC(=O)N1CCN(CCOc2ccc3c(Nc4cnnc(-c5cc(Cl)ccc5F)c4)ccnc3c2)CC1. The molecule has 0 atom stereocenters. The number of ether oxygens (including phenoxy) is 2. The van der Waals surface area contributed by atoms with Gasteiger partial charge in [0.05, 0.1) is 23.1 Å². The number of amides is 1. The molecule has 1 aliphatic heterocycles. The summed E-state index contributed by atoms with van der Waals surface area (Å²) < 4.78 is 25.9. The number of nitrogens with zero attached hydrogens (tertiary/aromatic N) is 5. The molecule has 1 saturated heterocycles. The highest BCUT2D eigenvalue weighted by Gasteiger charge is 2.25. The molecule has 11 heteroatoms. The van der Waals surface area contributed by atoms with Crippen molar-refractivity contribution in [3.8, 4) is 17.0 Å². The number of pyridine rings is 1. The first kappa shape index (κ1) is 28.5. The Morgan fingerprint density at radius 2 is 1.88 bits per heavy atom. The molecular weight excluding hydrogens is 547 g/mol. The van der Waals surface area contributed by atoms with Crippen molar-refractivity contribution in [2.45, 2.75) is 26.4 Å². The molecular formula is C30H32ClFN6O3. The molecule has 1 fully saturated rings. The monoisotopic (exact) mass is 578 g/mol. The van der Waals surface area contributed by atoms with Crippen LogP contribution < -0.4 is 10.1 Å². The first-order valence-corrected chi connectivity index (χ1v) is 13.8. The fourth-order valence-corrected chi connectivity index (χ4v) is 4.69. The number of carbonyl (C=O) groups is 1. The lowest BCUT2D eigenvalue weighted by molar-refractivity contribution is 0.0137. The van der Waals surface area contributed by atoms with Crippen molar-refractivity contribution in [2.24, 2.45) is 0 Å². The summed E-state index contributed by atoms with van der Waals surface area (Å²) in [6.45, 7) is 9.69. The Balaban J connectivity index is 1.18. The van der Waals surface area contributed by atoms with Gasteiger partial charge >= 0.3 is 6.09 Å². The predicted octanol–water partition coefficient (Wildman–Crippen LogP) is 6.16. The Morgan fingerprint density at radius 1 is 1.07 bits per heavy atom. The average molecular weight is 579 g/mol. The quantitative estimate of drug-likeness (QED) is 0.279. The lowest BCUT2D eigenvalue weighted by atomic mass is 10.1. The molecule has 0 unspecified atom stereocenters. The van der Waals surface area contributed by atoms with Gasteiger partial charge in [-0.05, 0) is 63.2 Å². The van der Waals surface area contributed by atoms with Crippen LogP contribution in [0.5, 0.6) is 5.75 Å². The zero-order valence-electron chi connectivity index (χ0n) is 23.2. The number of aromatic nitrogens is 3. The van der Waals surface area contributed by atoms with Crippen LogP contribution in [-0.2, 0) is 4.74 Å². The van der Waals surface area contributed by atoms with E-state index in [1.165, 1.54) is 18.2 Å². The summed E-state index contributed by atoms with van der Waals surface area (Å²) in [5.41, 5.74) is 2.38. The molecule has 214 valence electrons. The van der Waals surface area contributed by atoms with Crippen molar-refractivity contribution in [1.82, 2.24) is 25.0 Å². The number of carbonyl (C=O) groups excluding carboxylic acids is 1. The van der Waals surface area contributed by atoms with Crippen molar-refractivity contribution in [3.05, 3.63) is 71.8 Å². The molecule has 1 aliphatic rings. The lowest BCUT2D eigenvalue weighted by Crippen LogP contribution is -2.50. The number of fused-ring (bicyclic) bond motifs is 1. The number of halogens is 2. The number of hydrogen-bond acceptors (Lipinski definition) is 8. The summed E-state index contributed by atoms with van der Waals surface area (Å²) in [7, 11) is 0. The minimum absolute atomic E-state index is 0.262. The molecule has 0 radical (unpaired) electrons. The molecule has 2 aromatic heterocycles. The van der Waals surface area contributed by atoms with E-state index in [0.717, 1.165) is 42.0 Å². The molecule has 0 spiro atoms. The zero-order chi connectivity index (χ0) is 29.0. The van der Waals surface area contributed by atoms with E-state index in [9.17, 15) is 9.18 Å². The van der Waals surface area contributed by atoms with Crippen molar-refractivity contribution in [3.63, 3.8) is 0 Å². The normalized spacial score (nSPS) is 14.2. The maximum absolute atomic E-state index is 14.4. The number of nitrogens with one attached hydrogen (secondary N) is 1. The van der Waals surface area contributed by atoms with E-state index in [2.05, 4.69) is 25.4 Å². The Labute approximate surface area is 243 Å². The summed E-state index contributed by atoms with van der Waals surface area (Å²) in [4.78, 5) is 20.8. The van der Waals surface area contributed by atoms with Crippen LogP contribution in [0.3, 0.4) is 0 Å². The second-order valence-electron chi connectivity index (χ2n) is 10.8. The van der Waals surface area contributed by atoms with Crippen molar-refractivity contribution < 1.29 is 18.7 Å². The molecule has 0 aliphatic carbocycles. The van der Waals surface area contributed by atoms with Gasteiger partial charge in [0.25, 0.3) is 0 Å². The minimum Gasteiger partial charge on any atom is -0.492 e. The van der Waals surface area contributed by atoms with Gasteiger partial charge in [0, 0.05) is 66.6 Å². The molecule has 4 aromatic rings. The molecule has 41 heavy (non-hydrogen) atoms. The number of hydrogen-bond donors (Lipinski definition) is 1. The van der Waals surface area contributed by atoms with E-state index in [0.29, 0.717) is 36.1 Å². The average Bonchev–Trinajstić information content (AvgIpc) is 2.94. The fraction of sp³-hybridized carbons (Fsp3) is 0.333. The topological polar surface area (TPSA) is 92.7 Å². The van der Waals surface area contributed by atoms with Crippen molar-refractivity contribution in [2.75, 3.05) is 44.6 Å². The molecule has 1 amide bonds. The Morgan fingerprint density at radius 3 is 2.66 bits per heavy atom. The molecule has 1 N–H and O–H groups in total. The first-order valence-electron chi connectivity index (χ1n) is 13.4. The summed E-state index contributed by atoms with van der Waals surface area (Å²) >= 11 is 6.05. The van der Waals surface area contributed by atoms with Gasteiger partial charge in [-0.25, -0.2) is 9.18 Å². The summed E-state index contributed by atoms with van der Waals surface area (Å²) in [6.07, 6.45) is 3.02. The van der Waals surface area contributed by atoms with Crippen LogP contribution in [0.25, 0.3) is 22.2 Å². The third-order valence-corrected chi connectivity index (χ3v) is 6.79. The van der Waals surface area contributed by atoms with Gasteiger partial charge in [-0.2, -0.15) is 10.2 Å². The molecule has 3 heterocycles. The van der Waals surface area contributed by atoms with Gasteiger partial charge < -0.3 is 19.7 Å².